The number of ether oxygens (including phenoxy) is 3. The summed E-state index contributed by atoms with van der Waals surface area (Å²) >= 11 is 0. The van der Waals surface area contributed by atoms with Gasteiger partial charge in [-0.05, 0) is 73.9 Å². The van der Waals surface area contributed by atoms with E-state index in [4.69, 9.17) is 14.2 Å². The van der Waals surface area contributed by atoms with Crippen LogP contribution in [0.2, 0.25) is 0 Å². The van der Waals surface area contributed by atoms with Gasteiger partial charge in [0.05, 0.1) is 18.9 Å². The predicted octanol–water partition coefficient (Wildman–Crippen LogP) is 5.43. The van der Waals surface area contributed by atoms with Crippen molar-refractivity contribution in [1.29, 1.82) is 0 Å². The third-order valence-corrected chi connectivity index (χ3v) is 5.72. The van der Waals surface area contributed by atoms with Gasteiger partial charge in [0.15, 0.2) is 11.5 Å². The van der Waals surface area contributed by atoms with E-state index in [-0.39, 0.29) is 5.57 Å². The predicted molar refractivity (Wildman–Crippen MR) is 144 cm³/mol. The van der Waals surface area contributed by atoms with Gasteiger partial charge in [0.25, 0.3) is 11.8 Å². The normalized spacial score (nSPS) is 14.4. The van der Waals surface area contributed by atoms with E-state index >= 15 is 0 Å². The quantitative estimate of drug-likeness (QED) is 0.287. The summed E-state index contributed by atoms with van der Waals surface area (Å²) in [7, 11) is 0. The molecule has 0 radical (unpaired) electrons. The number of hydrogen-bond donors (Lipinski definition) is 1. The van der Waals surface area contributed by atoms with Gasteiger partial charge in [-0.25, -0.2) is 9.69 Å². The van der Waals surface area contributed by atoms with Gasteiger partial charge in [-0.15, -0.1) is 0 Å². The van der Waals surface area contributed by atoms with Crippen LogP contribution in [0.1, 0.15) is 37.0 Å². The van der Waals surface area contributed by atoms with Gasteiger partial charge < -0.3 is 14.2 Å². The number of carbonyl (C=O) groups excluding carboxylic acids is 3. The lowest BCUT2D eigenvalue weighted by Gasteiger charge is -2.26. The third kappa shape index (κ3) is 6.21. The van der Waals surface area contributed by atoms with E-state index in [2.05, 4.69) is 5.32 Å². The first-order chi connectivity index (χ1) is 18.4. The standard InChI is InChI=1S/C30H30N2O6/c1-4-15-37-24-12-10-23(11-13-24)32-29(34)25(28(33)31-30(32)35)17-21-9-14-26(27(18-21)36-5-2)38-19-22-8-6-7-20(3)16-22/h6-14,16-18H,4-5,15,19H2,1-3H3,(H,31,33,35)/b25-17-. The number of urea groups is 1. The van der Waals surface area contributed by atoms with Crippen LogP contribution in [0.4, 0.5) is 10.5 Å². The van der Waals surface area contributed by atoms with Crippen molar-refractivity contribution < 1.29 is 28.6 Å². The summed E-state index contributed by atoms with van der Waals surface area (Å²) in [6.45, 7) is 7.20. The van der Waals surface area contributed by atoms with Crippen molar-refractivity contribution in [2.75, 3.05) is 18.1 Å². The monoisotopic (exact) mass is 514 g/mol. The Morgan fingerprint density at radius 2 is 1.66 bits per heavy atom. The number of hydrogen-bond acceptors (Lipinski definition) is 6. The molecule has 0 saturated carbocycles. The molecule has 3 aromatic rings. The van der Waals surface area contributed by atoms with E-state index in [1.807, 2.05) is 45.0 Å². The number of anilines is 1. The molecule has 4 amide bonds. The first-order valence-electron chi connectivity index (χ1n) is 12.5. The van der Waals surface area contributed by atoms with E-state index in [0.29, 0.717) is 48.3 Å². The molecule has 1 saturated heterocycles. The average molecular weight is 515 g/mol. The van der Waals surface area contributed by atoms with Crippen molar-refractivity contribution in [3.8, 4) is 17.2 Å². The number of aryl methyl sites for hydroxylation is 1. The third-order valence-electron chi connectivity index (χ3n) is 5.72. The largest absolute Gasteiger partial charge is 0.494 e. The molecule has 1 fully saturated rings. The minimum absolute atomic E-state index is 0.174. The van der Waals surface area contributed by atoms with Crippen LogP contribution in [0.3, 0.4) is 0 Å². The Hall–Kier alpha value is -4.59. The zero-order chi connectivity index (χ0) is 27.1. The molecule has 0 spiro atoms. The Kier molecular flexibility index (Phi) is 8.43. The minimum atomic E-state index is -0.811. The lowest BCUT2D eigenvalue weighted by atomic mass is 10.1. The first-order valence-corrected chi connectivity index (χ1v) is 12.5. The molecule has 8 nitrogen and oxygen atoms in total. The molecule has 1 heterocycles. The van der Waals surface area contributed by atoms with Crippen molar-refractivity contribution >= 4 is 29.6 Å². The Morgan fingerprint density at radius 1 is 0.868 bits per heavy atom. The van der Waals surface area contributed by atoms with Crippen LogP contribution in [-0.2, 0) is 16.2 Å². The summed E-state index contributed by atoms with van der Waals surface area (Å²) in [5, 5.41) is 2.24. The van der Waals surface area contributed by atoms with Crippen LogP contribution in [0, 0.1) is 6.92 Å². The van der Waals surface area contributed by atoms with Gasteiger partial charge >= 0.3 is 6.03 Å². The number of nitrogens with zero attached hydrogens (tertiary/aromatic N) is 1. The van der Waals surface area contributed by atoms with Crippen LogP contribution in [0.15, 0.2) is 72.3 Å². The topological polar surface area (TPSA) is 94.2 Å². The van der Waals surface area contributed by atoms with E-state index in [1.165, 1.54) is 6.08 Å². The van der Waals surface area contributed by atoms with Gasteiger partial charge in [0, 0.05) is 0 Å². The van der Waals surface area contributed by atoms with Crippen LogP contribution >= 0.6 is 0 Å². The number of barbiturate groups is 1. The molecule has 0 atom stereocenters. The van der Waals surface area contributed by atoms with Gasteiger partial charge in [-0.3, -0.25) is 14.9 Å². The van der Waals surface area contributed by atoms with Gasteiger partial charge in [0.2, 0.25) is 0 Å². The maximum atomic E-state index is 13.3. The lowest BCUT2D eigenvalue weighted by molar-refractivity contribution is -0.122. The Bertz CT molecular complexity index is 1360. The molecule has 0 bridgehead atoms. The molecule has 0 aromatic heterocycles. The van der Waals surface area contributed by atoms with Crippen molar-refractivity contribution in [3.63, 3.8) is 0 Å². The van der Waals surface area contributed by atoms with Gasteiger partial charge in [0.1, 0.15) is 17.9 Å². The summed E-state index contributed by atoms with van der Waals surface area (Å²) in [5.41, 5.74) is 2.86. The first kappa shape index (κ1) is 26.5. The van der Waals surface area contributed by atoms with Crippen LogP contribution in [0.5, 0.6) is 17.2 Å². The second-order valence-electron chi connectivity index (χ2n) is 8.72. The Labute approximate surface area is 221 Å². The van der Waals surface area contributed by atoms with Gasteiger partial charge in [-0.2, -0.15) is 0 Å². The molecule has 1 aliphatic rings. The van der Waals surface area contributed by atoms with Crippen molar-refractivity contribution in [3.05, 3.63) is 89.0 Å². The SMILES string of the molecule is CCCOc1ccc(N2C(=O)NC(=O)/C(=C/c3ccc(OCc4cccc(C)c4)c(OCC)c3)C2=O)cc1. The molecular formula is C30H30N2O6. The minimum Gasteiger partial charge on any atom is -0.494 e. The number of amides is 4. The molecule has 3 aromatic carbocycles. The highest BCUT2D eigenvalue weighted by Crippen LogP contribution is 2.31. The highest BCUT2D eigenvalue weighted by Gasteiger charge is 2.36. The average Bonchev–Trinajstić information content (AvgIpc) is 2.90. The Morgan fingerprint density at radius 3 is 2.37 bits per heavy atom. The summed E-state index contributed by atoms with van der Waals surface area (Å²) < 4.78 is 17.3. The lowest BCUT2D eigenvalue weighted by Crippen LogP contribution is -2.54. The number of nitrogens with one attached hydrogen (secondary N) is 1. The zero-order valence-electron chi connectivity index (χ0n) is 21.7. The number of benzene rings is 3. The maximum Gasteiger partial charge on any atom is 0.335 e. The maximum absolute atomic E-state index is 13.3. The molecule has 1 aliphatic heterocycles. The smallest absolute Gasteiger partial charge is 0.335 e. The second-order valence-corrected chi connectivity index (χ2v) is 8.72. The molecule has 38 heavy (non-hydrogen) atoms. The number of carbonyl (C=O) groups is 3. The fourth-order valence-electron chi connectivity index (χ4n) is 3.93. The molecule has 0 unspecified atom stereocenters. The summed E-state index contributed by atoms with van der Waals surface area (Å²) in [4.78, 5) is 39.3. The molecule has 0 aliphatic carbocycles. The van der Waals surface area contributed by atoms with Crippen molar-refractivity contribution in [2.24, 2.45) is 0 Å². The summed E-state index contributed by atoms with van der Waals surface area (Å²) in [6, 6.07) is 18.9. The van der Waals surface area contributed by atoms with Crippen LogP contribution in [-0.4, -0.2) is 31.1 Å². The highest BCUT2D eigenvalue weighted by molar-refractivity contribution is 6.39. The summed E-state index contributed by atoms with van der Waals surface area (Å²) in [5.74, 6) is 0.155. The van der Waals surface area contributed by atoms with E-state index in [0.717, 1.165) is 22.4 Å². The molecular weight excluding hydrogens is 484 g/mol. The molecule has 4 rings (SSSR count). The fraction of sp³-hybridized carbons (Fsp3) is 0.233. The van der Waals surface area contributed by atoms with E-state index < -0.39 is 17.8 Å². The molecule has 1 N–H and O–H groups in total. The Balaban J connectivity index is 1.57. The second kappa shape index (κ2) is 12.1. The van der Waals surface area contributed by atoms with Crippen molar-refractivity contribution in [2.45, 2.75) is 33.8 Å². The van der Waals surface area contributed by atoms with Crippen LogP contribution in [0.25, 0.3) is 6.08 Å². The van der Waals surface area contributed by atoms with E-state index in [1.54, 1.807) is 42.5 Å². The number of imide groups is 2. The van der Waals surface area contributed by atoms with Crippen molar-refractivity contribution in [1.82, 2.24) is 5.32 Å². The zero-order valence-corrected chi connectivity index (χ0v) is 21.7. The molecule has 196 valence electrons. The van der Waals surface area contributed by atoms with Crippen LogP contribution < -0.4 is 24.4 Å². The number of rotatable bonds is 10. The van der Waals surface area contributed by atoms with Gasteiger partial charge in [-0.1, -0.05) is 42.8 Å². The fourth-order valence-corrected chi connectivity index (χ4v) is 3.93. The summed E-state index contributed by atoms with van der Waals surface area (Å²) in [6.07, 6.45) is 2.29. The van der Waals surface area contributed by atoms with E-state index in [9.17, 15) is 14.4 Å². The molecule has 8 heteroatoms. The highest BCUT2D eigenvalue weighted by atomic mass is 16.5.